The molecule has 1 aliphatic rings. The van der Waals surface area contributed by atoms with Crippen LogP contribution in [0.1, 0.15) is 27.0 Å². The van der Waals surface area contributed by atoms with E-state index in [1.807, 2.05) is 0 Å². The lowest BCUT2D eigenvalue weighted by Gasteiger charge is -2.30. The van der Waals surface area contributed by atoms with E-state index in [0.717, 1.165) is 34.6 Å². The van der Waals surface area contributed by atoms with Gasteiger partial charge in [-0.1, -0.05) is 17.3 Å². The van der Waals surface area contributed by atoms with Gasteiger partial charge >= 0.3 is 18.3 Å². The summed E-state index contributed by atoms with van der Waals surface area (Å²) in [5.74, 6) is -1.24. The van der Waals surface area contributed by atoms with Crippen molar-refractivity contribution < 1.29 is 44.4 Å². The van der Waals surface area contributed by atoms with E-state index in [1.54, 1.807) is 0 Å². The lowest BCUT2D eigenvalue weighted by atomic mass is 10.1. The predicted octanol–water partition coefficient (Wildman–Crippen LogP) is 5.50. The number of fused-ring (bicyclic) bond motifs is 1. The molecule has 206 valence electrons. The molecule has 0 saturated heterocycles. The Balaban J connectivity index is 1.58. The van der Waals surface area contributed by atoms with Crippen LogP contribution in [0.4, 0.5) is 32.0 Å². The van der Waals surface area contributed by atoms with Crippen molar-refractivity contribution >= 4 is 39.3 Å². The summed E-state index contributed by atoms with van der Waals surface area (Å²) in [4.78, 5) is 17.5. The normalized spacial score (nSPS) is 14.6. The van der Waals surface area contributed by atoms with Gasteiger partial charge in [-0.05, 0) is 54.6 Å². The van der Waals surface area contributed by atoms with Gasteiger partial charge in [0.2, 0.25) is 0 Å². The third-order valence-corrected chi connectivity index (χ3v) is 8.37. The van der Waals surface area contributed by atoms with Gasteiger partial charge in [0.1, 0.15) is 0 Å². The van der Waals surface area contributed by atoms with Crippen molar-refractivity contribution in [1.82, 2.24) is 0 Å². The quantitative estimate of drug-likeness (QED) is 0.139. The third kappa shape index (κ3) is 6.14. The van der Waals surface area contributed by atoms with Crippen LogP contribution in [-0.2, 0) is 27.2 Å². The standard InChI is InChI=1S/C24H17F6N3O4S2/c25-23(26,27)16-5-7-18(8-6-16)39(35,36)33-10-11-38-20-9-4-15(13-19(20)33)22(34)37-32-21(31)14-2-1-3-17(12-14)24(28,29)30/h1-9,12-13H,10-11H2,(H2,31,32). The molecule has 3 aromatic rings. The Hall–Kier alpha value is -3.72. The molecule has 0 radical (unpaired) electrons. The summed E-state index contributed by atoms with van der Waals surface area (Å²) >= 11 is 1.30. The first kappa shape index (κ1) is 28.3. The summed E-state index contributed by atoms with van der Waals surface area (Å²) in [5.41, 5.74) is 3.48. The molecule has 4 rings (SSSR count). The minimum absolute atomic E-state index is 0.0276. The van der Waals surface area contributed by atoms with Gasteiger partial charge in [-0.15, -0.1) is 11.8 Å². The number of rotatable bonds is 5. The Morgan fingerprint density at radius 2 is 1.56 bits per heavy atom. The first-order valence-electron chi connectivity index (χ1n) is 10.9. The van der Waals surface area contributed by atoms with Crippen molar-refractivity contribution in [2.45, 2.75) is 22.1 Å². The minimum Gasteiger partial charge on any atom is -0.380 e. The smallest absolute Gasteiger partial charge is 0.380 e. The number of oxime groups is 1. The number of sulfonamides is 1. The number of nitrogens with zero attached hydrogens (tertiary/aromatic N) is 2. The monoisotopic (exact) mass is 589 g/mol. The molecule has 0 spiro atoms. The molecule has 0 saturated carbocycles. The van der Waals surface area contributed by atoms with E-state index >= 15 is 0 Å². The van der Waals surface area contributed by atoms with Gasteiger partial charge < -0.3 is 10.6 Å². The molecule has 1 heterocycles. The highest BCUT2D eigenvalue weighted by molar-refractivity contribution is 8.00. The molecule has 0 aliphatic carbocycles. The lowest BCUT2D eigenvalue weighted by molar-refractivity contribution is -0.138. The Labute approximate surface area is 222 Å². The number of benzene rings is 3. The number of nitrogens with two attached hydrogens (primary N) is 1. The van der Waals surface area contributed by atoms with Crippen LogP contribution >= 0.6 is 11.8 Å². The summed E-state index contributed by atoms with van der Waals surface area (Å²) in [7, 11) is -4.30. The van der Waals surface area contributed by atoms with Gasteiger partial charge in [-0.25, -0.2) is 13.2 Å². The fourth-order valence-electron chi connectivity index (χ4n) is 3.56. The van der Waals surface area contributed by atoms with Crippen molar-refractivity contribution in [3.63, 3.8) is 0 Å². The number of alkyl halides is 6. The zero-order chi connectivity index (χ0) is 28.6. The van der Waals surface area contributed by atoms with Crippen LogP contribution in [0.15, 0.2) is 81.7 Å². The van der Waals surface area contributed by atoms with Crippen molar-refractivity contribution in [3.8, 4) is 0 Å². The molecule has 3 aromatic carbocycles. The Kier molecular flexibility index (Phi) is 7.58. The number of halogens is 6. The SMILES string of the molecule is N/C(=N\OC(=O)c1ccc2c(c1)N(S(=O)(=O)c1ccc(C(F)(F)F)cc1)CCS2)c1cccc(C(F)(F)F)c1. The molecule has 0 aromatic heterocycles. The molecule has 2 N–H and O–H groups in total. The van der Waals surface area contributed by atoms with E-state index in [4.69, 9.17) is 10.6 Å². The molecular weight excluding hydrogens is 572 g/mol. The maximum atomic E-state index is 13.3. The minimum atomic E-state index is -4.64. The molecule has 0 bridgehead atoms. The summed E-state index contributed by atoms with van der Waals surface area (Å²) < 4.78 is 105. The maximum absolute atomic E-state index is 13.3. The number of carbonyl (C=O) groups excluding carboxylic acids is 1. The molecular formula is C24H17F6N3O4S2. The highest BCUT2D eigenvalue weighted by Gasteiger charge is 2.34. The van der Waals surface area contributed by atoms with Gasteiger partial charge in [0.05, 0.1) is 27.3 Å². The average molecular weight is 590 g/mol. The van der Waals surface area contributed by atoms with Crippen LogP contribution in [0.2, 0.25) is 0 Å². The molecule has 0 fully saturated rings. The van der Waals surface area contributed by atoms with Crippen LogP contribution in [0.3, 0.4) is 0 Å². The second kappa shape index (κ2) is 10.4. The molecule has 0 amide bonds. The number of amidine groups is 1. The van der Waals surface area contributed by atoms with Crippen LogP contribution in [-0.4, -0.2) is 32.5 Å². The van der Waals surface area contributed by atoms with Crippen LogP contribution in [0.25, 0.3) is 0 Å². The van der Waals surface area contributed by atoms with Gasteiger partial charge in [0.15, 0.2) is 5.84 Å². The number of anilines is 1. The molecule has 7 nitrogen and oxygen atoms in total. The van der Waals surface area contributed by atoms with Gasteiger partial charge in [0.25, 0.3) is 10.0 Å². The van der Waals surface area contributed by atoms with Gasteiger partial charge in [-0.2, -0.15) is 26.3 Å². The molecule has 1 aliphatic heterocycles. The van der Waals surface area contributed by atoms with Gasteiger partial charge in [-0.3, -0.25) is 4.31 Å². The molecule has 0 unspecified atom stereocenters. The van der Waals surface area contributed by atoms with E-state index in [-0.39, 0.29) is 28.3 Å². The first-order chi connectivity index (χ1) is 18.2. The summed E-state index contributed by atoms with van der Waals surface area (Å²) in [5, 5.41) is 3.40. The van der Waals surface area contributed by atoms with Crippen molar-refractivity contribution in [2.24, 2.45) is 10.9 Å². The fraction of sp³-hybridized carbons (Fsp3) is 0.167. The largest absolute Gasteiger partial charge is 0.416 e. The highest BCUT2D eigenvalue weighted by atomic mass is 32.2. The molecule has 39 heavy (non-hydrogen) atoms. The van der Waals surface area contributed by atoms with Crippen molar-refractivity contribution in [3.05, 3.63) is 89.0 Å². The summed E-state index contributed by atoms with van der Waals surface area (Å²) in [6.07, 6.45) is -9.26. The fourth-order valence-corrected chi connectivity index (χ4v) is 6.19. The van der Waals surface area contributed by atoms with Gasteiger partial charge in [0, 0.05) is 22.8 Å². The third-order valence-electron chi connectivity index (χ3n) is 5.50. The maximum Gasteiger partial charge on any atom is 0.416 e. The van der Waals surface area contributed by atoms with E-state index < -0.39 is 45.3 Å². The van der Waals surface area contributed by atoms with Crippen LogP contribution in [0.5, 0.6) is 0 Å². The zero-order valence-corrected chi connectivity index (χ0v) is 21.1. The Morgan fingerprint density at radius 1 is 0.897 bits per heavy atom. The predicted molar refractivity (Wildman–Crippen MR) is 131 cm³/mol. The topological polar surface area (TPSA) is 102 Å². The molecule has 15 heteroatoms. The van der Waals surface area contributed by atoms with Crippen LogP contribution < -0.4 is 10.0 Å². The average Bonchev–Trinajstić information content (AvgIpc) is 2.90. The highest BCUT2D eigenvalue weighted by Crippen LogP contribution is 2.39. The molecule has 0 atom stereocenters. The second-order valence-electron chi connectivity index (χ2n) is 8.06. The first-order valence-corrected chi connectivity index (χ1v) is 13.3. The Morgan fingerprint density at radius 3 is 2.21 bits per heavy atom. The zero-order valence-electron chi connectivity index (χ0n) is 19.5. The second-order valence-corrected chi connectivity index (χ2v) is 11.1. The van der Waals surface area contributed by atoms with E-state index in [1.165, 1.54) is 36.0 Å². The Bertz CT molecular complexity index is 1540. The number of hydrogen-bond acceptors (Lipinski definition) is 6. The van der Waals surface area contributed by atoms with E-state index in [9.17, 15) is 39.6 Å². The van der Waals surface area contributed by atoms with Crippen LogP contribution in [0, 0.1) is 0 Å². The number of carbonyl (C=O) groups is 1. The van der Waals surface area contributed by atoms with E-state index in [0.29, 0.717) is 22.8 Å². The number of hydrogen-bond donors (Lipinski definition) is 1. The lowest BCUT2D eigenvalue weighted by Crippen LogP contribution is -2.35. The summed E-state index contributed by atoms with van der Waals surface area (Å²) in [6, 6.07) is 10.9. The number of thioether (sulfide) groups is 1. The summed E-state index contributed by atoms with van der Waals surface area (Å²) in [6.45, 7) is -0.0276. The van der Waals surface area contributed by atoms with Crippen molar-refractivity contribution in [1.29, 1.82) is 0 Å². The van der Waals surface area contributed by atoms with Crippen molar-refractivity contribution in [2.75, 3.05) is 16.6 Å². The van der Waals surface area contributed by atoms with E-state index in [2.05, 4.69) is 5.16 Å².